The molecule has 0 unspecified atom stereocenters. The van der Waals surface area contributed by atoms with Crippen molar-refractivity contribution < 1.29 is 57.5 Å². The molecule has 3 aromatic carbocycles. The zero-order valence-corrected chi connectivity index (χ0v) is 33.2. The van der Waals surface area contributed by atoms with Crippen LogP contribution >= 0.6 is 0 Å². The van der Waals surface area contributed by atoms with Crippen LogP contribution in [0.1, 0.15) is 80.9 Å². The van der Waals surface area contributed by atoms with Gasteiger partial charge in [0.15, 0.2) is 0 Å². The summed E-state index contributed by atoms with van der Waals surface area (Å²) < 4.78 is 35.4. The zero-order chi connectivity index (χ0) is 41.7. The Morgan fingerprint density at radius 1 is 0.914 bits per heavy atom. The van der Waals surface area contributed by atoms with E-state index in [1.54, 1.807) is 52.8 Å². The van der Waals surface area contributed by atoms with E-state index in [1.807, 2.05) is 60.7 Å². The van der Waals surface area contributed by atoms with Gasteiger partial charge in [0.05, 0.1) is 18.2 Å². The highest BCUT2D eigenvalue weighted by atomic mass is 16.8. The molecule has 0 saturated carbocycles. The minimum absolute atomic E-state index is 0.0195. The van der Waals surface area contributed by atoms with Crippen molar-refractivity contribution >= 4 is 35.9 Å². The summed E-state index contributed by atoms with van der Waals surface area (Å²) in [5.41, 5.74) is 1.10. The summed E-state index contributed by atoms with van der Waals surface area (Å²) >= 11 is 0. The summed E-state index contributed by atoms with van der Waals surface area (Å²) in [6.07, 6.45) is 0.739. The van der Waals surface area contributed by atoms with Crippen molar-refractivity contribution in [3.05, 3.63) is 125 Å². The molecule has 0 radical (unpaired) electrons. The van der Waals surface area contributed by atoms with E-state index in [2.05, 4.69) is 5.32 Å². The molecule has 1 amide bonds. The molecule has 5 atom stereocenters. The molecule has 2 aliphatic heterocycles. The van der Waals surface area contributed by atoms with Crippen LogP contribution in [0.2, 0.25) is 0 Å². The number of esters is 4. The van der Waals surface area contributed by atoms with Gasteiger partial charge in [-0.25, -0.2) is 14.4 Å². The third-order valence-corrected chi connectivity index (χ3v) is 9.91. The van der Waals surface area contributed by atoms with Gasteiger partial charge in [-0.2, -0.15) is 0 Å². The fourth-order valence-corrected chi connectivity index (χ4v) is 6.95. The normalized spacial score (nSPS) is 22.6. The molecule has 0 bridgehead atoms. The molecule has 13 heteroatoms. The number of carbonyl (C=O) groups is 5. The lowest BCUT2D eigenvalue weighted by Gasteiger charge is -2.31. The van der Waals surface area contributed by atoms with Gasteiger partial charge in [0.25, 0.3) is 0 Å². The van der Waals surface area contributed by atoms with Gasteiger partial charge >= 0.3 is 23.9 Å². The summed E-state index contributed by atoms with van der Waals surface area (Å²) in [5, 5.41) is 12.9. The van der Waals surface area contributed by atoms with Crippen LogP contribution in [-0.4, -0.2) is 84.2 Å². The highest BCUT2D eigenvalue weighted by Gasteiger charge is 2.55. The second kappa shape index (κ2) is 17.5. The first-order valence-corrected chi connectivity index (χ1v) is 19.2. The van der Waals surface area contributed by atoms with Gasteiger partial charge in [-0.05, 0) is 57.0 Å². The highest BCUT2D eigenvalue weighted by Crippen LogP contribution is 2.47. The summed E-state index contributed by atoms with van der Waals surface area (Å²) in [7, 11) is 0. The molecule has 2 saturated heterocycles. The van der Waals surface area contributed by atoms with Gasteiger partial charge in [0, 0.05) is 41.0 Å². The standard InChI is InChI=1S/C45H49NO12/c1-43(2,3)57-37(49)23-21-33(26-47)46-40(50)30-24-34(38-35(25-30)56-45(58-38,31-12-8-6-9-13-31)32-14-10-7-11-15-32)54-41(51)29-19-16-28(17-20-29)18-22-36(48)55-39-42(52)53-27-44(39,4)5/h6-20,22,25,33-35,38-39,47H,21,23-24,26-27H2,1-5H3,(H,46,50)/t33-,34+,35+,38-,39-/m0/s1. The van der Waals surface area contributed by atoms with E-state index in [9.17, 15) is 29.1 Å². The number of fused-ring (bicyclic) bond motifs is 1. The average molecular weight is 796 g/mol. The number of cyclic esters (lactones) is 1. The van der Waals surface area contributed by atoms with Crippen LogP contribution in [0.25, 0.3) is 6.08 Å². The fraction of sp³-hybridized carbons (Fsp3) is 0.400. The van der Waals surface area contributed by atoms with Crippen LogP contribution < -0.4 is 5.32 Å². The molecule has 2 fully saturated rings. The summed E-state index contributed by atoms with van der Waals surface area (Å²) in [5.74, 6) is -4.37. The largest absolute Gasteiger partial charge is 0.462 e. The monoisotopic (exact) mass is 795 g/mol. The number of aliphatic hydroxyl groups is 1. The first-order valence-electron chi connectivity index (χ1n) is 19.2. The van der Waals surface area contributed by atoms with Gasteiger partial charge in [-0.1, -0.05) is 86.6 Å². The van der Waals surface area contributed by atoms with Gasteiger partial charge in [-0.15, -0.1) is 0 Å². The Balaban J connectivity index is 1.21. The molecule has 1 aliphatic carbocycles. The maximum absolute atomic E-state index is 13.8. The van der Waals surface area contributed by atoms with Crippen LogP contribution in [0.4, 0.5) is 0 Å². The van der Waals surface area contributed by atoms with Crippen LogP contribution in [-0.2, 0) is 53.4 Å². The third kappa shape index (κ3) is 9.90. The Labute approximate surface area is 337 Å². The number of amides is 1. The lowest BCUT2D eigenvalue weighted by atomic mass is 9.90. The van der Waals surface area contributed by atoms with Gasteiger partial charge in [0.1, 0.15) is 30.5 Å². The van der Waals surface area contributed by atoms with Crippen LogP contribution in [0.5, 0.6) is 0 Å². The number of aliphatic hydroxyl groups excluding tert-OH is 1. The summed E-state index contributed by atoms with van der Waals surface area (Å²) in [6.45, 7) is 8.56. The highest BCUT2D eigenvalue weighted by molar-refractivity contribution is 5.95. The summed E-state index contributed by atoms with van der Waals surface area (Å²) in [4.78, 5) is 64.5. The smallest absolute Gasteiger partial charge is 0.348 e. The van der Waals surface area contributed by atoms with Crippen molar-refractivity contribution in [3.8, 4) is 0 Å². The number of hydrogen-bond acceptors (Lipinski definition) is 12. The van der Waals surface area contributed by atoms with E-state index in [1.165, 1.54) is 24.3 Å². The lowest BCUT2D eigenvalue weighted by molar-refractivity contribution is -0.159. The van der Waals surface area contributed by atoms with Crippen molar-refractivity contribution in [2.75, 3.05) is 13.2 Å². The van der Waals surface area contributed by atoms with Crippen molar-refractivity contribution in [3.63, 3.8) is 0 Å². The number of carbonyl (C=O) groups excluding carboxylic acids is 5. The molecule has 3 aliphatic rings. The molecule has 0 aromatic heterocycles. The number of rotatable bonds is 13. The van der Waals surface area contributed by atoms with Crippen molar-refractivity contribution in [1.29, 1.82) is 0 Å². The number of ether oxygens (including phenoxy) is 6. The van der Waals surface area contributed by atoms with Gasteiger partial charge < -0.3 is 38.8 Å². The maximum atomic E-state index is 13.8. The Hall–Kier alpha value is -5.63. The maximum Gasteiger partial charge on any atom is 0.348 e. The van der Waals surface area contributed by atoms with E-state index in [-0.39, 0.29) is 37.0 Å². The van der Waals surface area contributed by atoms with Gasteiger partial charge in [0.2, 0.25) is 17.8 Å². The lowest BCUT2D eigenvalue weighted by Crippen LogP contribution is -2.45. The van der Waals surface area contributed by atoms with Crippen LogP contribution in [0.15, 0.2) is 103 Å². The van der Waals surface area contributed by atoms with Crippen LogP contribution in [0, 0.1) is 5.41 Å². The molecular weight excluding hydrogens is 746 g/mol. The Morgan fingerprint density at radius 2 is 1.55 bits per heavy atom. The minimum atomic E-state index is -1.41. The van der Waals surface area contributed by atoms with E-state index in [0.717, 1.165) is 0 Å². The molecule has 0 spiro atoms. The molecule has 58 heavy (non-hydrogen) atoms. The minimum Gasteiger partial charge on any atom is -0.462 e. The number of nitrogens with one attached hydrogen (secondary N) is 1. The van der Waals surface area contributed by atoms with Crippen molar-refractivity contribution in [1.82, 2.24) is 5.32 Å². The Morgan fingerprint density at radius 3 is 2.12 bits per heavy atom. The summed E-state index contributed by atoms with van der Waals surface area (Å²) in [6, 6.07) is 24.2. The quantitative estimate of drug-likeness (QED) is 0.130. The SMILES string of the molecule is CC(C)(C)OC(=O)CC[C@@H](CO)NC(=O)C1=C[C@H]2OC(c3ccccc3)(c3ccccc3)O[C@H]2[C@H](OC(=O)c2ccc(C=CC(=O)O[C@H]3C(=O)OCC3(C)C)cc2)C1. The Bertz CT molecular complexity index is 2000. The second-order valence-electron chi connectivity index (χ2n) is 16.2. The molecule has 13 nitrogen and oxygen atoms in total. The average Bonchev–Trinajstić information content (AvgIpc) is 3.72. The second-order valence-corrected chi connectivity index (χ2v) is 16.2. The van der Waals surface area contributed by atoms with E-state index < -0.39 is 83.7 Å². The van der Waals surface area contributed by atoms with E-state index in [4.69, 9.17) is 28.4 Å². The van der Waals surface area contributed by atoms with Crippen molar-refractivity contribution in [2.24, 2.45) is 5.41 Å². The molecule has 2 N–H and O–H groups in total. The molecule has 2 heterocycles. The fourth-order valence-electron chi connectivity index (χ4n) is 6.95. The first kappa shape index (κ1) is 42.0. The van der Waals surface area contributed by atoms with E-state index in [0.29, 0.717) is 16.7 Å². The molecular formula is C45H49NO12. The Kier molecular flexibility index (Phi) is 12.6. The molecule has 3 aromatic rings. The van der Waals surface area contributed by atoms with E-state index >= 15 is 0 Å². The van der Waals surface area contributed by atoms with Crippen LogP contribution in [0.3, 0.4) is 0 Å². The third-order valence-electron chi connectivity index (χ3n) is 9.91. The molecule has 306 valence electrons. The zero-order valence-electron chi connectivity index (χ0n) is 33.2. The first-order chi connectivity index (χ1) is 27.6. The topological polar surface area (TPSA) is 173 Å². The van der Waals surface area contributed by atoms with Gasteiger partial charge in [-0.3, -0.25) is 9.59 Å². The predicted molar refractivity (Wildman–Crippen MR) is 210 cm³/mol. The van der Waals surface area contributed by atoms with Crippen molar-refractivity contribution in [2.45, 2.75) is 95.7 Å². The number of hydrogen-bond donors (Lipinski definition) is 2. The molecule has 6 rings (SSSR count). The predicted octanol–water partition coefficient (Wildman–Crippen LogP) is 5.33. The number of benzene rings is 3.